The summed E-state index contributed by atoms with van der Waals surface area (Å²) in [6.45, 7) is 7.27. The molecule has 2 heterocycles. The normalized spacial score (nSPS) is 15.5. The highest BCUT2D eigenvalue weighted by Crippen LogP contribution is 2.24. The average Bonchev–Trinajstić information content (AvgIpc) is 2.97. The van der Waals surface area contributed by atoms with Gasteiger partial charge in [-0.2, -0.15) is 4.31 Å². The van der Waals surface area contributed by atoms with Gasteiger partial charge in [0.05, 0.1) is 11.5 Å². The molecule has 2 aromatic rings. The fourth-order valence-electron chi connectivity index (χ4n) is 3.59. The van der Waals surface area contributed by atoms with E-state index < -0.39 is 22.0 Å². The standard InChI is InChI=1S/C21H28N4O5S/c1-3-9-23-12-8-17-15-18(6-7-19(17)23)31(28,29)25-11-5-10-24(13-14-25)21(27)22-16-20(26)30-4-2/h3,6-8,12,15H,1,4-5,9-11,13-14,16H2,2H3,(H,22,27). The maximum atomic E-state index is 13.2. The van der Waals surface area contributed by atoms with E-state index >= 15 is 0 Å². The molecule has 1 N–H and O–H groups in total. The van der Waals surface area contributed by atoms with E-state index in [1.54, 1.807) is 31.2 Å². The first-order valence-corrected chi connectivity index (χ1v) is 11.7. The van der Waals surface area contributed by atoms with Gasteiger partial charge in [0.25, 0.3) is 0 Å². The van der Waals surface area contributed by atoms with Crippen molar-refractivity contribution in [1.29, 1.82) is 0 Å². The van der Waals surface area contributed by atoms with Gasteiger partial charge in [0, 0.05) is 49.8 Å². The molecule has 0 unspecified atom stereocenters. The summed E-state index contributed by atoms with van der Waals surface area (Å²) in [7, 11) is -3.69. The Morgan fingerprint density at radius 3 is 2.74 bits per heavy atom. The number of allylic oxidation sites excluding steroid dienone is 1. The van der Waals surface area contributed by atoms with Gasteiger partial charge >= 0.3 is 12.0 Å². The van der Waals surface area contributed by atoms with Crippen LogP contribution in [0.4, 0.5) is 4.79 Å². The molecule has 31 heavy (non-hydrogen) atoms. The lowest BCUT2D eigenvalue weighted by atomic mass is 10.2. The third kappa shape index (κ3) is 5.26. The first-order valence-electron chi connectivity index (χ1n) is 10.2. The zero-order valence-corrected chi connectivity index (χ0v) is 18.4. The maximum Gasteiger partial charge on any atom is 0.325 e. The van der Waals surface area contributed by atoms with Crippen LogP contribution in [-0.2, 0) is 26.1 Å². The number of sulfonamides is 1. The highest BCUT2D eigenvalue weighted by Gasteiger charge is 2.28. The second-order valence-corrected chi connectivity index (χ2v) is 9.12. The molecule has 1 aromatic heterocycles. The Hall–Kier alpha value is -2.85. The lowest BCUT2D eigenvalue weighted by Gasteiger charge is -2.22. The molecule has 0 bridgehead atoms. The van der Waals surface area contributed by atoms with E-state index in [1.807, 2.05) is 16.8 Å². The van der Waals surface area contributed by atoms with Crippen LogP contribution in [-0.4, -0.2) is 73.5 Å². The summed E-state index contributed by atoms with van der Waals surface area (Å²) in [6.07, 6.45) is 4.20. The number of hydrogen-bond acceptors (Lipinski definition) is 5. The molecule has 1 aliphatic rings. The number of esters is 1. The van der Waals surface area contributed by atoms with Gasteiger partial charge in [-0.25, -0.2) is 13.2 Å². The monoisotopic (exact) mass is 448 g/mol. The minimum absolute atomic E-state index is 0.185. The molecule has 1 aliphatic heterocycles. The zero-order valence-electron chi connectivity index (χ0n) is 17.6. The van der Waals surface area contributed by atoms with Crippen LogP contribution in [0.2, 0.25) is 0 Å². The molecule has 0 aliphatic carbocycles. The van der Waals surface area contributed by atoms with Gasteiger partial charge in [-0.05, 0) is 37.6 Å². The zero-order chi connectivity index (χ0) is 22.4. The van der Waals surface area contributed by atoms with Crippen molar-refractivity contribution in [2.24, 2.45) is 0 Å². The summed E-state index contributed by atoms with van der Waals surface area (Å²) < 4.78 is 34.6. The third-order valence-corrected chi connectivity index (χ3v) is 7.03. The number of nitrogens with one attached hydrogen (secondary N) is 1. The topological polar surface area (TPSA) is 101 Å². The summed E-state index contributed by atoms with van der Waals surface area (Å²) in [5, 5.41) is 3.36. The van der Waals surface area contributed by atoms with Crippen LogP contribution in [0, 0.1) is 0 Å². The molecule has 0 spiro atoms. The van der Waals surface area contributed by atoms with Crippen molar-refractivity contribution < 1.29 is 22.7 Å². The molecule has 0 atom stereocenters. The van der Waals surface area contributed by atoms with Crippen molar-refractivity contribution in [3.63, 3.8) is 0 Å². The van der Waals surface area contributed by atoms with Gasteiger partial charge in [-0.15, -0.1) is 6.58 Å². The van der Waals surface area contributed by atoms with Crippen molar-refractivity contribution in [2.45, 2.75) is 24.8 Å². The van der Waals surface area contributed by atoms with Crippen LogP contribution in [0.1, 0.15) is 13.3 Å². The second-order valence-electron chi connectivity index (χ2n) is 7.19. The fourth-order valence-corrected chi connectivity index (χ4v) is 5.10. The maximum absolute atomic E-state index is 13.2. The molecule has 3 rings (SSSR count). The van der Waals surface area contributed by atoms with E-state index in [2.05, 4.69) is 11.9 Å². The summed E-state index contributed by atoms with van der Waals surface area (Å²) >= 11 is 0. The predicted molar refractivity (Wildman–Crippen MR) is 117 cm³/mol. The third-order valence-electron chi connectivity index (χ3n) is 5.14. The van der Waals surface area contributed by atoms with Crippen molar-refractivity contribution in [2.75, 3.05) is 39.3 Å². The van der Waals surface area contributed by atoms with Gasteiger partial charge in [0.15, 0.2) is 0 Å². The predicted octanol–water partition coefficient (Wildman–Crippen LogP) is 1.80. The van der Waals surface area contributed by atoms with Crippen LogP contribution < -0.4 is 5.32 Å². The molecule has 0 radical (unpaired) electrons. The smallest absolute Gasteiger partial charge is 0.325 e. The Bertz CT molecular complexity index is 1060. The Balaban J connectivity index is 1.67. The molecule has 1 fully saturated rings. The molecule has 1 saturated heterocycles. The first kappa shape index (κ1) is 22.8. The number of nitrogens with zero attached hydrogens (tertiary/aromatic N) is 3. The summed E-state index contributed by atoms with van der Waals surface area (Å²) in [5.74, 6) is -0.507. The second kappa shape index (κ2) is 9.97. The fraction of sp³-hybridized carbons (Fsp3) is 0.429. The number of urea groups is 1. The van der Waals surface area contributed by atoms with Gasteiger partial charge in [0.2, 0.25) is 10.0 Å². The number of aromatic nitrogens is 1. The van der Waals surface area contributed by atoms with Gasteiger partial charge in [0.1, 0.15) is 6.54 Å². The summed E-state index contributed by atoms with van der Waals surface area (Å²) in [5.41, 5.74) is 0.944. The molecule has 9 nitrogen and oxygen atoms in total. The van der Waals surface area contributed by atoms with Crippen molar-refractivity contribution >= 4 is 32.9 Å². The number of rotatable bonds is 7. The average molecular weight is 449 g/mol. The van der Waals surface area contributed by atoms with E-state index in [-0.39, 0.29) is 31.1 Å². The first-order chi connectivity index (χ1) is 14.9. The van der Waals surface area contributed by atoms with E-state index in [0.717, 1.165) is 10.9 Å². The number of fused-ring (bicyclic) bond motifs is 1. The Kier molecular flexibility index (Phi) is 7.34. The minimum atomic E-state index is -3.69. The van der Waals surface area contributed by atoms with E-state index in [1.165, 1.54) is 9.21 Å². The lowest BCUT2D eigenvalue weighted by molar-refractivity contribution is -0.141. The molecule has 10 heteroatoms. The number of ether oxygens (including phenoxy) is 1. The van der Waals surface area contributed by atoms with Crippen molar-refractivity contribution in [3.05, 3.63) is 43.1 Å². The number of benzene rings is 1. The van der Waals surface area contributed by atoms with Crippen molar-refractivity contribution in [1.82, 2.24) is 19.1 Å². The number of hydrogen-bond donors (Lipinski definition) is 1. The van der Waals surface area contributed by atoms with E-state index in [0.29, 0.717) is 26.1 Å². The molecular formula is C21H28N4O5S. The molecule has 0 saturated carbocycles. The quantitative estimate of drug-likeness (QED) is 0.514. The SMILES string of the molecule is C=CCn1ccc2cc(S(=O)(=O)N3CCCN(C(=O)NCC(=O)OCC)CC3)ccc21. The molecular weight excluding hydrogens is 420 g/mol. The summed E-state index contributed by atoms with van der Waals surface area (Å²) in [4.78, 5) is 25.5. The number of amides is 2. The Morgan fingerprint density at radius 1 is 1.19 bits per heavy atom. The van der Waals surface area contributed by atoms with Crippen LogP contribution in [0.3, 0.4) is 0 Å². The van der Waals surface area contributed by atoms with Crippen LogP contribution in [0.5, 0.6) is 0 Å². The van der Waals surface area contributed by atoms with Crippen molar-refractivity contribution in [3.8, 4) is 0 Å². The lowest BCUT2D eigenvalue weighted by Crippen LogP contribution is -2.44. The Morgan fingerprint density at radius 2 is 2.00 bits per heavy atom. The van der Waals surface area contributed by atoms with E-state index in [9.17, 15) is 18.0 Å². The largest absolute Gasteiger partial charge is 0.465 e. The minimum Gasteiger partial charge on any atom is -0.465 e. The highest BCUT2D eigenvalue weighted by atomic mass is 32.2. The van der Waals surface area contributed by atoms with Crippen LogP contribution in [0.25, 0.3) is 10.9 Å². The van der Waals surface area contributed by atoms with Gasteiger partial charge in [-0.3, -0.25) is 4.79 Å². The summed E-state index contributed by atoms with van der Waals surface area (Å²) in [6, 6.07) is 6.58. The Labute approximate surface area is 182 Å². The number of carbonyl (C=O) groups excluding carboxylic acids is 2. The number of carbonyl (C=O) groups is 2. The molecule has 168 valence electrons. The van der Waals surface area contributed by atoms with Gasteiger partial charge < -0.3 is 19.5 Å². The highest BCUT2D eigenvalue weighted by molar-refractivity contribution is 7.89. The van der Waals surface area contributed by atoms with Crippen LogP contribution >= 0.6 is 0 Å². The van der Waals surface area contributed by atoms with E-state index in [4.69, 9.17) is 4.74 Å². The molecule has 1 aromatic carbocycles. The molecule has 2 amide bonds. The van der Waals surface area contributed by atoms with Gasteiger partial charge in [-0.1, -0.05) is 6.08 Å². The van der Waals surface area contributed by atoms with Crippen LogP contribution in [0.15, 0.2) is 48.0 Å².